The average molecular weight is 247 g/mol. The van der Waals surface area contributed by atoms with Crippen LogP contribution in [0.25, 0.3) is 0 Å². The van der Waals surface area contributed by atoms with Crippen LogP contribution >= 0.6 is 0 Å². The number of nitrogens with two attached hydrogens (primary N) is 1. The van der Waals surface area contributed by atoms with Gasteiger partial charge in [0.1, 0.15) is 0 Å². The van der Waals surface area contributed by atoms with Gasteiger partial charge >= 0.3 is 0 Å². The zero-order valence-electron chi connectivity index (χ0n) is 11.6. The number of anilines is 1. The van der Waals surface area contributed by atoms with Crippen LogP contribution in [-0.2, 0) is 6.54 Å². The summed E-state index contributed by atoms with van der Waals surface area (Å²) < 4.78 is 0. The smallest absolute Gasteiger partial charge is 0.0317 e. The molecule has 1 fully saturated rings. The predicted octanol–water partition coefficient (Wildman–Crippen LogP) is 2.18. The Morgan fingerprint density at radius 3 is 2.56 bits per heavy atom. The zero-order valence-corrected chi connectivity index (χ0v) is 11.6. The number of hydrogen-bond acceptors (Lipinski definition) is 3. The van der Waals surface area contributed by atoms with Crippen LogP contribution in [0.2, 0.25) is 0 Å². The first-order chi connectivity index (χ1) is 8.69. The summed E-state index contributed by atoms with van der Waals surface area (Å²) in [5.74, 6) is 0. The van der Waals surface area contributed by atoms with E-state index in [1.165, 1.54) is 38.2 Å². The Morgan fingerprint density at radius 2 is 1.94 bits per heavy atom. The highest BCUT2D eigenvalue weighted by Crippen LogP contribution is 2.13. The van der Waals surface area contributed by atoms with Gasteiger partial charge in [-0.1, -0.05) is 19.1 Å². The van der Waals surface area contributed by atoms with Crippen molar-refractivity contribution >= 4 is 5.69 Å². The van der Waals surface area contributed by atoms with Crippen LogP contribution < -0.4 is 5.73 Å². The van der Waals surface area contributed by atoms with Gasteiger partial charge in [0.2, 0.25) is 0 Å². The summed E-state index contributed by atoms with van der Waals surface area (Å²) in [6.45, 7) is 10.3. The van der Waals surface area contributed by atoms with Crippen molar-refractivity contribution in [1.29, 1.82) is 0 Å². The van der Waals surface area contributed by atoms with Crippen molar-refractivity contribution in [1.82, 2.24) is 9.80 Å². The molecule has 1 aromatic carbocycles. The summed E-state index contributed by atoms with van der Waals surface area (Å²) in [5, 5.41) is 0. The van der Waals surface area contributed by atoms with Crippen LogP contribution in [0, 0.1) is 0 Å². The third-order valence-corrected chi connectivity index (χ3v) is 3.98. The van der Waals surface area contributed by atoms with Gasteiger partial charge in [0.15, 0.2) is 0 Å². The molecule has 0 amide bonds. The molecule has 1 atom stereocenters. The van der Waals surface area contributed by atoms with E-state index in [1.54, 1.807) is 0 Å². The lowest BCUT2D eigenvalue weighted by Crippen LogP contribution is -2.48. The van der Waals surface area contributed by atoms with Crippen LogP contribution in [0.5, 0.6) is 0 Å². The summed E-state index contributed by atoms with van der Waals surface area (Å²) >= 11 is 0. The lowest BCUT2D eigenvalue weighted by molar-refractivity contribution is 0.0964. The van der Waals surface area contributed by atoms with Crippen LogP contribution in [0.1, 0.15) is 25.8 Å². The van der Waals surface area contributed by atoms with E-state index in [4.69, 9.17) is 5.73 Å². The fourth-order valence-corrected chi connectivity index (χ4v) is 2.57. The first-order valence-corrected chi connectivity index (χ1v) is 7.00. The van der Waals surface area contributed by atoms with Gasteiger partial charge in [-0.3, -0.25) is 9.80 Å². The minimum absolute atomic E-state index is 0.722. The maximum atomic E-state index is 5.82. The van der Waals surface area contributed by atoms with E-state index in [0.29, 0.717) is 0 Å². The van der Waals surface area contributed by atoms with Crippen LogP contribution in [0.15, 0.2) is 24.3 Å². The number of nitrogens with zero attached hydrogens (tertiary/aromatic N) is 2. The second kappa shape index (κ2) is 6.21. The first-order valence-electron chi connectivity index (χ1n) is 7.00. The molecule has 0 aromatic heterocycles. The third kappa shape index (κ3) is 3.47. The molecule has 2 N–H and O–H groups in total. The Hall–Kier alpha value is -1.06. The Kier molecular flexibility index (Phi) is 4.61. The van der Waals surface area contributed by atoms with Gasteiger partial charge in [-0.15, -0.1) is 0 Å². The van der Waals surface area contributed by atoms with Crippen molar-refractivity contribution in [3.05, 3.63) is 29.8 Å². The fraction of sp³-hybridized carbons (Fsp3) is 0.600. The number of nitrogen functional groups attached to an aromatic ring is 1. The van der Waals surface area contributed by atoms with Gasteiger partial charge in [-0.25, -0.2) is 0 Å². The summed E-state index contributed by atoms with van der Waals surface area (Å²) in [5.41, 5.74) is 8.01. The molecule has 1 aliphatic heterocycles. The second-order valence-electron chi connectivity index (χ2n) is 5.31. The predicted molar refractivity (Wildman–Crippen MR) is 77.5 cm³/mol. The van der Waals surface area contributed by atoms with Crippen LogP contribution in [0.3, 0.4) is 0 Å². The molecule has 0 saturated carbocycles. The van der Waals surface area contributed by atoms with E-state index in [0.717, 1.165) is 18.3 Å². The molecule has 1 heterocycles. The molecule has 3 heteroatoms. The molecule has 1 aromatic rings. The molecule has 0 aliphatic carbocycles. The Morgan fingerprint density at radius 1 is 1.22 bits per heavy atom. The van der Waals surface area contributed by atoms with Crippen LogP contribution in [-0.4, -0.2) is 42.0 Å². The molecule has 0 spiro atoms. The fourth-order valence-electron chi connectivity index (χ4n) is 2.57. The highest BCUT2D eigenvalue weighted by atomic mass is 15.3. The SMILES string of the molecule is CCC(C)N1CCN(Cc2cccc(N)c2)CC1. The Labute approximate surface area is 111 Å². The second-order valence-corrected chi connectivity index (χ2v) is 5.31. The molecule has 1 aliphatic rings. The number of benzene rings is 1. The lowest BCUT2D eigenvalue weighted by Gasteiger charge is -2.37. The van der Waals surface area contributed by atoms with Gasteiger partial charge < -0.3 is 5.73 Å². The number of hydrogen-bond donors (Lipinski definition) is 1. The highest BCUT2D eigenvalue weighted by molar-refractivity contribution is 5.40. The van der Waals surface area contributed by atoms with Gasteiger partial charge in [0.05, 0.1) is 0 Å². The Balaban J connectivity index is 1.83. The van der Waals surface area contributed by atoms with Crippen molar-refractivity contribution in [3.8, 4) is 0 Å². The van der Waals surface area contributed by atoms with Crippen molar-refractivity contribution in [2.75, 3.05) is 31.9 Å². The maximum absolute atomic E-state index is 5.82. The molecule has 1 unspecified atom stereocenters. The number of rotatable bonds is 4. The van der Waals surface area contributed by atoms with E-state index in [-0.39, 0.29) is 0 Å². The van der Waals surface area contributed by atoms with Gasteiger partial charge in [0.25, 0.3) is 0 Å². The largest absolute Gasteiger partial charge is 0.399 e. The van der Waals surface area contributed by atoms with Gasteiger partial charge in [-0.05, 0) is 31.0 Å². The summed E-state index contributed by atoms with van der Waals surface area (Å²) in [6.07, 6.45) is 1.25. The molecule has 18 heavy (non-hydrogen) atoms. The normalized spacial score (nSPS) is 19.9. The minimum atomic E-state index is 0.722. The molecule has 3 nitrogen and oxygen atoms in total. The first kappa shape index (κ1) is 13.4. The summed E-state index contributed by atoms with van der Waals surface area (Å²) in [7, 11) is 0. The molecule has 0 radical (unpaired) electrons. The van der Waals surface area contributed by atoms with E-state index in [2.05, 4.69) is 35.8 Å². The minimum Gasteiger partial charge on any atom is -0.399 e. The van der Waals surface area contributed by atoms with E-state index in [1.807, 2.05) is 12.1 Å². The average Bonchev–Trinajstić information content (AvgIpc) is 2.39. The zero-order chi connectivity index (χ0) is 13.0. The summed E-state index contributed by atoms with van der Waals surface area (Å²) in [4.78, 5) is 5.11. The van der Waals surface area contributed by atoms with E-state index >= 15 is 0 Å². The van der Waals surface area contributed by atoms with Crippen molar-refractivity contribution < 1.29 is 0 Å². The lowest BCUT2D eigenvalue weighted by atomic mass is 10.1. The van der Waals surface area contributed by atoms with Crippen molar-refractivity contribution in [3.63, 3.8) is 0 Å². The molecule has 1 saturated heterocycles. The highest BCUT2D eigenvalue weighted by Gasteiger charge is 2.19. The monoisotopic (exact) mass is 247 g/mol. The Bertz CT molecular complexity index is 370. The molecule has 100 valence electrons. The standard InChI is InChI=1S/C15H25N3/c1-3-13(2)18-9-7-17(8-10-18)12-14-5-4-6-15(16)11-14/h4-6,11,13H,3,7-10,12,16H2,1-2H3. The van der Waals surface area contributed by atoms with Crippen molar-refractivity contribution in [2.24, 2.45) is 0 Å². The van der Waals surface area contributed by atoms with E-state index in [9.17, 15) is 0 Å². The quantitative estimate of drug-likeness (QED) is 0.828. The van der Waals surface area contributed by atoms with E-state index < -0.39 is 0 Å². The molecular weight excluding hydrogens is 222 g/mol. The van der Waals surface area contributed by atoms with Crippen molar-refractivity contribution in [2.45, 2.75) is 32.9 Å². The number of piperazine rings is 1. The molecule has 0 bridgehead atoms. The van der Waals surface area contributed by atoms with Gasteiger partial charge in [0, 0.05) is 44.5 Å². The molecule has 2 rings (SSSR count). The third-order valence-electron chi connectivity index (χ3n) is 3.98. The molecular formula is C15H25N3. The maximum Gasteiger partial charge on any atom is 0.0317 e. The van der Waals surface area contributed by atoms with Crippen LogP contribution in [0.4, 0.5) is 5.69 Å². The van der Waals surface area contributed by atoms with Gasteiger partial charge in [-0.2, -0.15) is 0 Å². The summed E-state index contributed by atoms with van der Waals surface area (Å²) in [6, 6.07) is 8.96. The topological polar surface area (TPSA) is 32.5 Å².